The van der Waals surface area contributed by atoms with Gasteiger partial charge in [0.15, 0.2) is 0 Å². The molecule has 0 aliphatic rings. The number of carbonyl (C=O) groups is 3. The number of amides is 2. The van der Waals surface area contributed by atoms with Crippen molar-refractivity contribution in [3.05, 3.63) is 29.1 Å². The van der Waals surface area contributed by atoms with Gasteiger partial charge in [0, 0.05) is 28.0 Å². The summed E-state index contributed by atoms with van der Waals surface area (Å²) in [6.45, 7) is 5.40. The van der Waals surface area contributed by atoms with E-state index < -0.39 is 22.7 Å². The van der Waals surface area contributed by atoms with Crippen LogP contribution < -0.4 is 21.7 Å². The topological polar surface area (TPSA) is 171 Å². The summed E-state index contributed by atoms with van der Waals surface area (Å²) in [7, 11) is 1.26. The lowest BCUT2D eigenvalue weighted by Gasteiger charge is -2.20. The van der Waals surface area contributed by atoms with Crippen LogP contribution in [0.25, 0.3) is 21.5 Å². The van der Waals surface area contributed by atoms with Gasteiger partial charge in [-0.1, -0.05) is 12.1 Å². The molecule has 1 unspecified atom stereocenters. The number of rotatable bonds is 8. The highest BCUT2D eigenvalue weighted by molar-refractivity contribution is 7.90. The van der Waals surface area contributed by atoms with Gasteiger partial charge in [-0.2, -0.15) is 9.97 Å². The fourth-order valence-electron chi connectivity index (χ4n) is 3.21. The third-order valence-corrected chi connectivity index (χ3v) is 6.52. The molecule has 3 rings (SSSR count). The summed E-state index contributed by atoms with van der Waals surface area (Å²) in [5, 5.41) is 8.89. The number of nitrogens with two attached hydrogens (primary N) is 1. The van der Waals surface area contributed by atoms with Crippen molar-refractivity contribution in [3.63, 3.8) is 0 Å². The molecule has 2 amide bonds. The van der Waals surface area contributed by atoms with Gasteiger partial charge in [-0.05, 0) is 32.9 Å². The Labute approximate surface area is 215 Å². The van der Waals surface area contributed by atoms with Crippen molar-refractivity contribution in [1.29, 1.82) is 0 Å². The summed E-state index contributed by atoms with van der Waals surface area (Å²) in [5.41, 5.74) is 7.62. The lowest BCUT2D eigenvalue weighted by molar-refractivity contribution is -0.139. The molecule has 0 spiro atoms. The fraction of sp³-hybridized carbons (Fsp3) is 0.348. The van der Waals surface area contributed by atoms with Gasteiger partial charge in [-0.3, -0.25) is 19.7 Å². The van der Waals surface area contributed by atoms with Gasteiger partial charge < -0.3 is 25.7 Å². The second kappa shape index (κ2) is 11.2. The SMILES string of the molecule is COC(=O)CNCC(=O)Nc1cccc(-c2nc([S+](C)[O-])nc3sc(C(=O)NC(C)(C)C)c(N)c23)c1. The monoisotopic (exact) mass is 532 g/mol. The maximum atomic E-state index is 12.9. The van der Waals surface area contributed by atoms with Crippen molar-refractivity contribution in [3.8, 4) is 11.3 Å². The summed E-state index contributed by atoms with van der Waals surface area (Å²) in [5.74, 6) is -1.19. The standard InChI is InChI=1S/C23H28N6O5S2/c1-23(2,3)29-20(32)19-17(24)16-18(27-22(36(5)33)28-21(16)35-19)12-7-6-8-13(9-12)26-14(30)10-25-11-15(31)34-4/h6-9,25H,10-11,24H2,1-5H3,(H,26,30)(H,29,32). The van der Waals surface area contributed by atoms with Gasteiger partial charge in [0.1, 0.15) is 16.0 Å². The Morgan fingerprint density at radius 1 is 1.19 bits per heavy atom. The largest absolute Gasteiger partial charge is 0.609 e. The van der Waals surface area contributed by atoms with Crippen LogP contribution in [0, 0.1) is 0 Å². The molecule has 1 aromatic carbocycles. The Bertz CT molecular complexity index is 1300. The van der Waals surface area contributed by atoms with Crippen LogP contribution in [0.15, 0.2) is 29.4 Å². The first-order valence-corrected chi connectivity index (χ1v) is 13.2. The molecule has 5 N–H and O–H groups in total. The molecule has 0 aliphatic heterocycles. The van der Waals surface area contributed by atoms with Crippen LogP contribution in [-0.2, 0) is 25.5 Å². The molecule has 36 heavy (non-hydrogen) atoms. The third kappa shape index (κ3) is 6.69. The zero-order valence-corrected chi connectivity index (χ0v) is 22.2. The molecule has 0 saturated carbocycles. The number of hydrogen-bond donors (Lipinski definition) is 4. The second-order valence-electron chi connectivity index (χ2n) is 8.85. The minimum absolute atomic E-state index is 0.0949. The number of methoxy groups -OCH3 is 1. The van der Waals surface area contributed by atoms with E-state index in [0.717, 1.165) is 11.3 Å². The summed E-state index contributed by atoms with van der Waals surface area (Å²) in [6.07, 6.45) is 1.47. The zero-order valence-electron chi connectivity index (χ0n) is 20.6. The highest BCUT2D eigenvalue weighted by Gasteiger charge is 2.26. The molecule has 0 radical (unpaired) electrons. The molecule has 2 aromatic heterocycles. The van der Waals surface area contributed by atoms with Gasteiger partial charge >= 0.3 is 11.1 Å². The minimum atomic E-state index is -1.49. The summed E-state index contributed by atoms with van der Waals surface area (Å²) in [4.78, 5) is 45.9. The maximum Gasteiger partial charge on any atom is 0.344 e. The van der Waals surface area contributed by atoms with E-state index in [0.29, 0.717) is 27.2 Å². The Morgan fingerprint density at radius 3 is 2.56 bits per heavy atom. The van der Waals surface area contributed by atoms with E-state index in [9.17, 15) is 18.9 Å². The molecule has 0 bridgehead atoms. The number of nitrogens with zero attached hydrogens (tertiary/aromatic N) is 2. The van der Waals surface area contributed by atoms with E-state index in [4.69, 9.17) is 5.73 Å². The van der Waals surface area contributed by atoms with Crippen LogP contribution in [-0.4, -0.2) is 64.3 Å². The van der Waals surface area contributed by atoms with E-state index in [1.54, 1.807) is 24.3 Å². The molecular formula is C23H28N6O5S2. The van der Waals surface area contributed by atoms with Crippen molar-refractivity contribution < 1.29 is 23.7 Å². The number of nitrogen functional groups attached to an aromatic ring is 1. The van der Waals surface area contributed by atoms with Crippen molar-refractivity contribution in [2.75, 3.05) is 37.5 Å². The number of nitrogens with one attached hydrogen (secondary N) is 3. The molecule has 1 atom stereocenters. The molecule has 11 nitrogen and oxygen atoms in total. The molecular weight excluding hydrogens is 504 g/mol. The highest BCUT2D eigenvalue weighted by Crippen LogP contribution is 2.39. The number of carbonyl (C=O) groups excluding carboxylic acids is 3. The maximum absolute atomic E-state index is 12.9. The Morgan fingerprint density at radius 2 is 1.92 bits per heavy atom. The first kappa shape index (κ1) is 27.3. The molecule has 3 aromatic rings. The number of anilines is 2. The number of hydrogen-bond acceptors (Lipinski definition) is 10. The Kier molecular flexibility index (Phi) is 8.51. The van der Waals surface area contributed by atoms with Crippen LogP contribution >= 0.6 is 11.3 Å². The normalized spacial score (nSPS) is 12.3. The van der Waals surface area contributed by atoms with E-state index >= 15 is 0 Å². The zero-order chi connectivity index (χ0) is 26.6. The van der Waals surface area contributed by atoms with Gasteiger partial charge in [-0.25, -0.2) is 0 Å². The smallest absolute Gasteiger partial charge is 0.344 e. The van der Waals surface area contributed by atoms with E-state index in [-0.39, 0.29) is 40.6 Å². The van der Waals surface area contributed by atoms with Gasteiger partial charge in [0.2, 0.25) is 5.91 Å². The average Bonchev–Trinajstić information content (AvgIpc) is 3.14. The van der Waals surface area contributed by atoms with Crippen LogP contribution in [0.1, 0.15) is 30.4 Å². The second-order valence-corrected chi connectivity index (χ2v) is 11.1. The minimum Gasteiger partial charge on any atom is -0.609 e. The molecule has 0 fully saturated rings. The van der Waals surface area contributed by atoms with Crippen LogP contribution in [0.3, 0.4) is 0 Å². The lowest BCUT2D eigenvalue weighted by Crippen LogP contribution is -2.40. The quantitative estimate of drug-likeness (QED) is 0.192. The number of aromatic nitrogens is 2. The first-order chi connectivity index (χ1) is 16.9. The number of esters is 1. The number of benzene rings is 1. The molecule has 2 heterocycles. The summed E-state index contributed by atoms with van der Waals surface area (Å²) in [6, 6.07) is 6.87. The first-order valence-electron chi connectivity index (χ1n) is 10.8. The molecule has 0 saturated heterocycles. The fourth-order valence-corrected chi connectivity index (χ4v) is 4.69. The number of thiophene rings is 1. The van der Waals surface area contributed by atoms with Gasteiger partial charge in [-0.15, -0.1) is 11.3 Å². The number of fused-ring (bicyclic) bond motifs is 1. The van der Waals surface area contributed by atoms with Crippen molar-refractivity contribution >= 4 is 61.9 Å². The van der Waals surface area contributed by atoms with E-state index in [2.05, 4.69) is 30.7 Å². The van der Waals surface area contributed by atoms with Crippen molar-refractivity contribution in [2.24, 2.45) is 0 Å². The van der Waals surface area contributed by atoms with Crippen LogP contribution in [0.5, 0.6) is 0 Å². The van der Waals surface area contributed by atoms with Crippen LogP contribution in [0.2, 0.25) is 0 Å². The van der Waals surface area contributed by atoms with Gasteiger partial charge in [0.25, 0.3) is 5.91 Å². The molecule has 13 heteroatoms. The van der Waals surface area contributed by atoms with E-state index in [1.165, 1.54) is 13.4 Å². The Balaban J connectivity index is 1.98. The van der Waals surface area contributed by atoms with Gasteiger partial charge in [0.05, 0.1) is 37.0 Å². The average molecular weight is 533 g/mol. The predicted molar refractivity (Wildman–Crippen MR) is 140 cm³/mol. The molecule has 0 aliphatic carbocycles. The third-order valence-electron chi connectivity index (χ3n) is 4.72. The van der Waals surface area contributed by atoms with Crippen molar-refractivity contribution in [1.82, 2.24) is 20.6 Å². The summed E-state index contributed by atoms with van der Waals surface area (Å²) < 4.78 is 16.8. The van der Waals surface area contributed by atoms with Crippen molar-refractivity contribution in [2.45, 2.75) is 31.5 Å². The lowest BCUT2D eigenvalue weighted by atomic mass is 10.1. The van der Waals surface area contributed by atoms with Crippen LogP contribution in [0.4, 0.5) is 11.4 Å². The van der Waals surface area contributed by atoms with E-state index in [1.807, 2.05) is 20.8 Å². The molecule has 192 valence electrons. The number of ether oxygens (including phenoxy) is 1. The Hall–Kier alpha value is -3.26. The summed E-state index contributed by atoms with van der Waals surface area (Å²) >= 11 is -0.386. The predicted octanol–water partition coefficient (Wildman–Crippen LogP) is 1.91. The highest BCUT2D eigenvalue weighted by atomic mass is 32.2.